The number of hydrogen-bond donors (Lipinski definition) is 7. The van der Waals surface area contributed by atoms with E-state index < -0.39 is 72.1 Å². The predicted molar refractivity (Wildman–Crippen MR) is 106 cm³/mol. The number of nitrogens with one attached hydrogen (secondary N) is 3. The molecule has 0 aromatic carbocycles. The molecule has 0 saturated heterocycles. The Hall–Kier alpha value is -3.22. The lowest BCUT2D eigenvalue weighted by Gasteiger charge is -2.24. The van der Waals surface area contributed by atoms with E-state index in [2.05, 4.69) is 16.0 Å². The molecule has 0 radical (unpaired) electrons. The van der Waals surface area contributed by atoms with E-state index in [0.29, 0.717) is 0 Å². The van der Waals surface area contributed by atoms with Crippen LogP contribution in [-0.2, 0) is 28.8 Å². The van der Waals surface area contributed by atoms with Crippen molar-refractivity contribution in [1.29, 1.82) is 0 Å². The van der Waals surface area contributed by atoms with Gasteiger partial charge in [0.05, 0.1) is 6.04 Å². The van der Waals surface area contributed by atoms with Gasteiger partial charge in [0, 0.05) is 12.8 Å². The third kappa shape index (κ3) is 10.9. The van der Waals surface area contributed by atoms with Crippen LogP contribution in [0.5, 0.6) is 0 Å². The molecule has 0 aliphatic heterocycles. The second kappa shape index (κ2) is 13.2. The monoisotopic (exact) mass is 446 g/mol. The predicted octanol–water partition coefficient (Wildman–Crippen LogP) is -1.74. The van der Waals surface area contributed by atoms with Crippen LogP contribution in [0.2, 0.25) is 0 Å². The SMILES string of the molecule is CC(NC(=O)C(CCC(=O)O)NC(=O)C(N)CCC(=O)O)C(=O)NC(C(=O)O)C(C)C. The maximum Gasteiger partial charge on any atom is 0.326 e. The molecule has 13 nitrogen and oxygen atoms in total. The largest absolute Gasteiger partial charge is 0.481 e. The van der Waals surface area contributed by atoms with Crippen molar-refractivity contribution >= 4 is 35.6 Å². The van der Waals surface area contributed by atoms with Crippen LogP contribution < -0.4 is 21.7 Å². The van der Waals surface area contributed by atoms with Gasteiger partial charge in [0.25, 0.3) is 0 Å². The molecule has 0 aliphatic carbocycles. The first-order chi connectivity index (χ1) is 14.3. The minimum atomic E-state index is -1.35. The summed E-state index contributed by atoms with van der Waals surface area (Å²) in [4.78, 5) is 69.5. The number of carboxylic acids is 3. The van der Waals surface area contributed by atoms with Crippen LogP contribution >= 0.6 is 0 Å². The highest BCUT2D eigenvalue weighted by molar-refractivity contribution is 5.94. The van der Waals surface area contributed by atoms with E-state index in [9.17, 15) is 28.8 Å². The fourth-order valence-electron chi connectivity index (χ4n) is 2.40. The molecule has 4 unspecified atom stereocenters. The van der Waals surface area contributed by atoms with E-state index in [4.69, 9.17) is 21.1 Å². The first-order valence-corrected chi connectivity index (χ1v) is 9.59. The molecule has 8 N–H and O–H groups in total. The topological polar surface area (TPSA) is 225 Å². The van der Waals surface area contributed by atoms with Crippen molar-refractivity contribution in [2.24, 2.45) is 11.7 Å². The Bertz CT molecular complexity index is 696. The number of hydrogen-bond acceptors (Lipinski definition) is 7. The molecule has 0 saturated carbocycles. The van der Waals surface area contributed by atoms with Crippen LogP contribution in [0.4, 0.5) is 0 Å². The highest BCUT2D eigenvalue weighted by atomic mass is 16.4. The minimum absolute atomic E-state index is 0.195. The summed E-state index contributed by atoms with van der Waals surface area (Å²) in [6, 6.07) is -4.95. The van der Waals surface area contributed by atoms with Gasteiger partial charge < -0.3 is 37.0 Å². The third-order valence-corrected chi connectivity index (χ3v) is 4.27. The van der Waals surface area contributed by atoms with E-state index in [1.165, 1.54) is 6.92 Å². The molecule has 0 aromatic heterocycles. The Kier molecular flexibility index (Phi) is 11.8. The van der Waals surface area contributed by atoms with E-state index in [0.717, 1.165) is 0 Å². The summed E-state index contributed by atoms with van der Waals surface area (Å²) in [6.07, 6.45) is -1.36. The number of carbonyl (C=O) groups is 6. The zero-order valence-electron chi connectivity index (χ0n) is 17.6. The zero-order valence-corrected chi connectivity index (χ0v) is 17.6. The number of rotatable bonds is 14. The van der Waals surface area contributed by atoms with E-state index in [-0.39, 0.29) is 19.3 Å². The molecule has 0 aromatic rings. The number of aliphatic carboxylic acids is 3. The molecule has 31 heavy (non-hydrogen) atoms. The molecular weight excluding hydrogens is 416 g/mol. The second-order valence-electron chi connectivity index (χ2n) is 7.33. The molecule has 4 atom stereocenters. The standard InChI is InChI=1S/C18H30N4O9/c1-8(2)14(18(30)31)22-15(27)9(3)20-17(29)11(5-7-13(25)26)21-16(28)10(19)4-6-12(23)24/h8-11,14H,4-7,19H2,1-3H3,(H,20,29)(H,21,28)(H,22,27)(H,23,24)(H,25,26)(H,30,31). The lowest BCUT2D eigenvalue weighted by Crippen LogP contribution is -2.56. The van der Waals surface area contributed by atoms with Crippen LogP contribution in [0, 0.1) is 5.92 Å². The van der Waals surface area contributed by atoms with Gasteiger partial charge in [0.2, 0.25) is 17.7 Å². The van der Waals surface area contributed by atoms with E-state index in [1.807, 2.05) is 0 Å². The van der Waals surface area contributed by atoms with Crippen molar-refractivity contribution in [1.82, 2.24) is 16.0 Å². The third-order valence-electron chi connectivity index (χ3n) is 4.27. The highest BCUT2D eigenvalue weighted by Gasteiger charge is 2.29. The minimum Gasteiger partial charge on any atom is -0.481 e. The molecule has 0 spiro atoms. The molecule has 3 amide bonds. The highest BCUT2D eigenvalue weighted by Crippen LogP contribution is 2.04. The van der Waals surface area contributed by atoms with Crippen LogP contribution in [0.15, 0.2) is 0 Å². The van der Waals surface area contributed by atoms with Gasteiger partial charge in [-0.05, 0) is 25.7 Å². The number of amides is 3. The maximum atomic E-state index is 12.5. The average molecular weight is 446 g/mol. The lowest BCUT2D eigenvalue weighted by atomic mass is 10.0. The maximum absolute atomic E-state index is 12.5. The summed E-state index contributed by atoms with van der Waals surface area (Å²) < 4.78 is 0. The molecule has 0 rings (SSSR count). The zero-order chi connectivity index (χ0) is 24.3. The van der Waals surface area contributed by atoms with Gasteiger partial charge in [-0.25, -0.2) is 4.79 Å². The van der Waals surface area contributed by atoms with Crippen molar-refractivity contribution < 1.29 is 44.1 Å². The Morgan fingerprint density at radius 2 is 1.26 bits per heavy atom. The Balaban J connectivity index is 5.12. The fourth-order valence-corrected chi connectivity index (χ4v) is 2.40. The summed E-state index contributed by atoms with van der Waals surface area (Å²) >= 11 is 0. The van der Waals surface area contributed by atoms with Crippen molar-refractivity contribution in [2.75, 3.05) is 0 Å². The smallest absolute Gasteiger partial charge is 0.326 e. The molecule has 0 bridgehead atoms. The van der Waals surface area contributed by atoms with Crippen LogP contribution in [0.1, 0.15) is 46.5 Å². The summed E-state index contributed by atoms with van der Waals surface area (Å²) in [7, 11) is 0. The van der Waals surface area contributed by atoms with Gasteiger partial charge in [-0.3, -0.25) is 24.0 Å². The quantitative estimate of drug-likeness (QED) is 0.159. The number of carbonyl (C=O) groups excluding carboxylic acids is 3. The van der Waals surface area contributed by atoms with Gasteiger partial charge in [-0.15, -0.1) is 0 Å². The average Bonchev–Trinajstić information content (AvgIpc) is 2.65. The van der Waals surface area contributed by atoms with Crippen LogP contribution in [0.25, 0.3) is 0 Å². The van der Waals surface area contributed by atoms with Gasteiger partial charge in [0.1, 0.15) is 18.1 Å². The number of carboxylic acid groups (broad SMARTS) is 3. The summed E-state index contributed by atoms with van der Waals surface area (Å²) in [6.45, 7) is 4.47. The van der Waals surface area contributed by atoms with Crippen molar-refractivity contribution in [3.05, 3.63) is 0 Å². The fraction of sp³-hybridized carbons (Fsp3) is 0.667. The summed E-state index contributed by atoms with van der Waals surface area (Å²) in [5.41, 5.74) is 5.59. The Morgan fingerprint density at radius 3 is 1.71 bits per heavy atom. The van der Waals surface area contributed by atoms with Crippen LogP contribution in [0.3, 0.4) is 0 Å². The lowest BCUT2D eigenvalue weighted by molar-refractivity contribution is -0.143. The van der Waals surface area contributed by atoms with Crippen molar-refractivity contribution in [2.45, 2.75) is 70.6 Å². The second-order valence-corrected chi connectivity index (χ2v) is 7.33. The Morgan fingerprint density at radius 1 is 0.742 bits per heavy atom. The van der Waals surface area contributed by atoms with Gasteiger partial charge >= 0.3 is 17.9 Å². The van der Waals surface area contributed by atoms with Gasteiger partial charge in [0.15, 0.2) is 0 Å². The molecule has 0 fully saturated rings. The molecule has 0 heterocycles. The molecule has 176 valence electrons. The number of nitrogens with two attached hydrogens (primary N) is 1. The Labute approximate surface area is 178 Å². The van der Waals surface area contributed by atoms with E-state index in [1.54, 1.807) is 13.8 Å². The van der Waals surface area contributed by atoms with Gasteiger partial charge in [-0.2, -0.15) is 0 Å². The molecule has 0 aliphatic rings. The van der Waals surface area contributed by atoms with Gasteiger partial charge in [-0.1, -0.05) is 13.8 Å². The first kappa shape index (κ1) is 27.8. The normalized spacial score (nSPS) is 14.6. The molecule has 13 heteroatoms. The van der Waals surface area contributed by atoms with Crippen LogP contribution in [-0.4, -0.2) is 75.1 Å². The first-order valence-electron chi connectivity index (χ1n) is 9.59. The summed E-state index contributed by atoms with van der Waals surface area (Å²) in [5.74, 6) is -6.56. The van der Waals surface area contributed by atoms with Crippen molar-refractivity contribution in [3.8, 4) is 0 Å². The van der Waals surface area contributed by atoms with E-state index >= 15 is 0 Å². The molecular formula is C18H30N4O9. The van der Waals surface area contributed by atoms with Crippen molar-refractivity contribution in [3.63, 3.8) is 0 Å². The summed E-state index contributed by atoms with van der Waals surface area (Å²) in [5, 5.41) is 33.5.